The van der Waals surface area contributed by atoms with Crippen molar-refractivity contribution in [3.05, 3.63) is 102 Å². The molecule has 1 saturated heterocycles. The van der Waals surface area contributed by atoms with Gasteiger partial charge in [0.1, 0.15) is 5.60 Å². The molecule has 178 valence electrons. The third kappa shape index (κ3) is 5.72. The number of imide groups is 3. The van der Waals surface area contributed by atoms with Gasteiger partial charge in [-0.05, 0) is 44.9 Å². The highest BCUT2D eigenvalue weighted by Crippen LogP contribution is 2.31. The fraction of sp³-hybridized carbons (Fsp3) is 0.241. The first-order valence-corrected chi connectivity index (χ1v) is 11.6. The summed E-state index contributed by atoms with van der Waals surface area (Å²) in [5.74, 6) is -1.68. The van der Waals surface area contributed by atoms with E-state index in [9.17, 15) is 14.4 Å². The first-order chi connectivity index (χ1) is 16.7. The maximum absolute atomic E-state index is 13.1. The predicted molar refractivity (Wildman–Crippen MR) is 135 cm³/mol. The van der Waals surface area contributed by atoms with E-state index in [0.29, 0.717) is 11.3 Å². The summed E-state index contributed by atoms with van der Waals surface area (Å²) in [7, 11) is 0. The van der Waals surface area contributed by atoms with Crippen molar-refractivity contribution in [2.45, 2.75) is 45.1 Å². The highest BCUT2D eigenvalue weighted by molar-refractivity contribution is 6.14. The number of amides is 3. The summed E-state index contributed by atoms with van der Waals surface area (Å²) < 4.78 is 5.28. The lowest BCUT2D eigenvalue weighted by atomic mass is 9.89. The van der Waals surface area contributed by atoms with E-state index < -0.39 is 29.4 Å². The molecular formula is C29H28N2O4. The van der Waals surface area contributed by atoms with Crippen molar-refractivity contribution >= 4 is 29.3 Å². The van der Waals surface area contributed by atoms with Gasteiger partial charge >= 0.3 is 6.09 Å². The van der Waals surface area contributed by atoms with Gasteiger partial charge in [0.15, 0.2) is 0 Å². The molecule has 1 heterocycles. The third-order valence-corrected chi connectivity index (χ3v) is 5.62. The molecule has 6 nitrogen and oxygen atoms in total. The van der Waals surface area contributed by atoms with Crippen molar-refractivity contribution in [1.82, 2.24) is 4.90 Å². The third-order valence-electron chi connectivity index (χ3n) is 5.62. The van der Waals surface area contributed by atoms with Gasteiger partial charge in [-0.25, -0.2) is 9.79 Å². The molecule has 0 aliphatic carbocycles. The molecule has 0 spiro atoms. The topological polar surface area (TPSA) is 76.0 Å². The average molecular weight is 469 g/mol. The van der Waals surface area contributed by atoms with Crippen molar-refractivity contribution in [3.8, 4) is 0 Å². The number of hydrogen-bond donors (Lipinski definition) is 0. The molecule has 1 aliphatic rings. The molecule has 3 amide bonds. The fourth-order valence-corrected chi connectivity index (χ4v) is 3.99. The van der Waals surface area contributed by atoms with Crippen molar-refractivity contribution in [3.63, 3.8) is 0 Å². The van der Waals surface area contributed by atoms with Crippen LogP contribution in [0.15, 0.2) is 89.9 Å². The number of rotatable bonds is 4. The van der Waals surface area contributed by atoms with Crippen LogP contribution in [0, 0.1) is 0 Å². The molecule has 0 N–H and O–H groups in total. The van der Waals surface area contributed by atoms with Crippen molar-refractivity contribution in [2.24, 2.45) is 4.99 Å². The Bertz CT molecular complexity index is 1200. The van der Waals surface area contributed by atoms with Crippen LogP contribution < -0.4 is 0 Å². The number of carbonyl (C=O) groups excluding carboxylic acids is 3. The normalized spacial score (nSPS) is 16.1. The quantitative estimate of drug-likeness (QED) is 0.346. The Morgan fingerprint density at radius 2 is 1.40 bits per heavy atom. The van der Waals surface area contributed by atoms with E-state index in [1.54, 1.807) is 20.8 Å². The molecule has 1 fully saturated rings. The van der Waals surface area contributed by atoms with Crippen molar-refractivity contribution in [2.75, 3.05) is 0 Å². The molecule has 3 aromatic carbocycles. The van der Waals surface area contributed by atoms with Crippen LogP contribution in [-0.4, -0.2) is 34.1 Å². The van der Waals surface area contributed by atoms with Gasteiger partial charge < -0.3 is 4.74 Å². The second kappa shape index (κ2) is 10.1. The van der Waals surface area contributed by atoms with Crippen LogP contribution in [0.5, 0.6) is 0 Å². The Hall–Kier alpha value is -4.06. The molecule has 0 aromatic heterocycles. The van der Waals surface area contributed by atoms with Crippen LogP contribution in [-0.2, 0) is 14.3 Å². The summed E-state index contributed by atoms with van der Waals surface area (Å²) in [6, 6.07) is 27.3. The molecule has 1 atom stereocenters. The van der Waals surface area contributed by atoms with Gasteiger partial charge in [-0.15, -0.1) is 0 Å². The second-order valence-electron chi connectivity index (χ2n) is 9.42. The summed E-state index contributed by atoms with van der Waals surface area (Å²) in [6.45, 7) is 5.08. The Balaban J connectivity index is 1.60. The monoisotopic (exact) mass is 468 g/mol. The minimum absolute atomic E-state index is 0.0989. The lowest BCUT2D eigenvalue weighted by molar-refractivity contribution is -0.147. The Morgan fingerprint density at radius 1 is 0.857 bits per heavy atom. The average Bonchev–Trinajstić information content (AvgIpc) is 2.83. The number of aliphatic imine (C=N–C) groups is 1. The molecule has 0 saturated carbocycles. The number of likely N-dealkylation sites (tertiary alicyclic amines) is 1. The predicted octanol–water partition coefficient (Wildman–Crippen LogP) is 6.02. The zero-order chi connectivity index (χ0) is 25.0. The van der Waals surface area contributed by atoms with Crippen molar-refractivity contribution < 1.29 is 19.1 Å². The van der Waals surface area contributed by atoms with Gasteiger partial charge in [0.25, 0.3) is 0 Å². The maximum Gasteiger partial charge on any atom is 0.424 e. The van der Waals surface area contributed by atoms with Crippen LogP contribution in [0.1, 0.15) is 56.2 Å². The fourth-order valence-electron chi connectivity index (χ4n) is 3.99. The molecule has 0 radical (unpaired) electrons. The molecule has 1 unspecified atom stereocenters. The molecule has 1 aliphatic heterocycles. The zero-order valence-corrected chi connectivity index (χ0v) is 20.1. The van der Waals surface area contributed by atoms with Gasteiger partial charge in [0.05, 0.1) is 17.3 Å². The molecule has 0 bridgehead atoms. The van der Waals surface area contributed by atoms with Gasteiger partial charge in [-0.3, -0.25) is 9.59 Å². The largest absolute Gasteiger partial charge is 0.443 e. The number of piperidine rings is 1. The number of carbonyl (C=O) groups is 3. The smallest absolute Gasteiger partial charge is 0.424 e. The molecule has 3 aromatic rings. The summed E-state index contributed by atoms with van der Waals surface area (Å²) in [5, 5.41) is 0. The number of nitrogens with zero attached hydrogens (tertiary/aromatic N) is 2. The van der Waals surface area contributed by atoms with E-state index in [4.69, 9.17) is 9.73 Å². The first-order valence-electron chi connectivity index (χ1n) is 11.6. The Labute approximate surface area is 205 Å². The maximum atomic E-state index is 13.1. The van der Waals surface area contributed by atoms with Crippen LogP contribution in [0.25, 0.3) is 0 Å². The molecule has 35 heavy (non-hydrogen) atoms. The SMILES string of the molecule is CC(C)(C)OC(=O)N1C(=O)CCC(c2ccc(N=C(c3ccccc3)c3ccccc3)cc2)C1=O. The lowest BCUT2D eigenvalue weighted by Gasteiger charge is -2.31. The standard InChI is InChI=1S/C29H28N2O4/c1-29(2,3)35-28(34)31-25(32)19-18-24(27(31)33)20-14-16-23(17-15-20)30-26(21-10-6-4-7-11-21)22-12-8-5-9-13-22/h4-17,24H,18-19H2,1-3H3. The van der Waals surface area contributed by atoms with Crippen LogP contribution >= 0.6 is 0 Å². The highest BCUT2D eigenvalue weighted by atomic mass is 16.6. The molecule has 4 rings (SSSR count). The lowest BCUT2D eigenvalue weighted by Crippen LogP contribution is -2.49. The van der Waals surface area contributed by atoms with E-state index >= 15 is 0 Å². The van der Waals surface area contributed by atoms with Crippen molar-refractivity contribution in [1.29, 1.82) is 0 Å². The highest BCUT2D eigenvalue weighted by Gasteiger charge is 2.41. The zero-order valence-electron chi connectivity index (χ0n) is 20.1. The van der Waals surface area contributed by atoms with E-state index in [1.807, 2.05) is 84.9 Å². The molecule has 6 heteroatoms. The number of ether oxygens (including phenoxy) is 1. The second-order valence-corrected chi connectivity index (χ2v) is 9.42. The summed E-state index contributed by atoms with van der Waals surface area (Å²) in [5.41, 5.74) is 3.50. The Morgan fingerprint density at radius 3 is 1.91 bits per heavy atom. The Kier molecular flexibility index (Phi) is 6.92. The van der Waals surface area contributed by atoms with Gasteiger partial charge in [0.2, 0.25) is 11.8 Å². The number of hydrogen-bond acceptors (Lipinski definition) is 5. The summed E-state index contributed by atoms with van der Waals surface area (Å²) >= 11 is 0. The van der Waals surface area contributed by atoms with E-state index in [0.717, 1.165) is 28.1 Å². The van der Waals surface area contributed by atoms with Gasteiger partial charge in [0, 0.05) is 17.5 Å². The minimum Gasteiger partial charge on any atom is -0.443 e. The molecular weight excluding hydrogens is 440 g/mol. The van der Waals surface area contributed by atoms with Crippen LogP contribution in [0.2, 0.25) is 0 Å². The summed E-state index contributed by atoms with van der Waals surface area (Å²) in [4.78, 5) is 43.5. The van der Waals surface area contributed by atoms with E-state index in [-0.39, 0.29) is 6.42 Å². The number of benzene rings is 3. The minimum atomic E-state index is -0.922. The van der Waals surface area contributed by atoms with Gasteiger partial charge in [-0.2, -0.15) is 4.90 Å². The van der Waals surface area contributed by atoms with E-state index in [1.165, 1.54) is 0 Å². The first kappa shape index (κ1) is 24.1. The van der Waals surface area contributed by atoms with Crippen LogP contribution in [0.3, 0.4) is 0 Å². The summed E-state index contributed by atoms with van der Waals surface area (Å²) in [6.07, 6.45) is -0.477. The van der Waals surface area contributed by atoms with E-state index in [2.05, 4.69) is 0 Å². The van der Waals surface area contributed by atoms with Crippen LogP contribution in [0.4, 0.5) is 10.5 Å². The van der Waals surface area contributed by atoms with Gasteiger partial charge in [-0.1, -0.05) is 72.8 Å².